The number of rotatable bonds is 4. The van der Waals surface area contributed by atoms with E-state index in [-0.39, 0.29) is 28.9 Å². The lowest BCUT2D eigenvalue weighted by atomic mass is 10.1. The first-order chi connectivity index (χ1) is 10.1. The highest BCUT2D eigenvalue weighted by Crippen LogP contribution is 2.41. The maximum Gasteiger partial charge on any atom is 0.188 e. The summed E-state index contributed by atoms with van der Waals surface area (Å²) >= 11 is 5.69. The molecule has 0 amide bonds. The zero-order valence-electron chi connectivity index (χ0n) is 11.7. The van der Waals surface area contributed by atoms with E-state index in [1.54, 1.807) is 6.07 Å². The highest BCUT2D eigenvalue weighted by molar-refractivity contribution is 6.30. The fourth-order valence-electron chi connectivity index (χ4n) is 2.69. The molecule has 3 atom stereocenters. The number of hydrogen-bond acceptors (Lipinski definition) is 2. The first kappa shape index (κ1) is 14.6. The van der Waals surface area contributed by atoms with Crippen molar-refractivity contribution in [1.82, 2.24) is 5.32 Å². The van der Waals surface area contributed by atoms with Crippen LogP contribution in [0.1, 0.15) is 30.7 Å². The van der Waals surface area contributed by atoms with Crippen molar-refractivity contribution in [2.24, 2.45) is 10.7 Å². The van der Waals surface area contributed by atoms with Gasteiger partial charge in [0.05, 0.1) is 17.7 Å². The summed E-state index contributed by atoms with van der Waals surface area (Å²) in [6.07, 6.45) is 3.27. The smallest absolute Gasteiger partial charge is 0.188 e. The maximum absolute atomic E-state index is 13.4. The zero-order valence-corrected chi connectivity index (χ0v) is 12.4. The second kappa shape index (κ2) is 6.20. The lowest BCUT2D eigenvalue weighted by Crippen LogP contribution is -2.34. The molecule has 3 rings (SSSR count). The first-order valence-corrected chi connectivity index (χ1v) is 7.64. The summed E-state index contributed by atoms with van der Waals surface area (Å²) in [5, 5.41) is 3.33. The molecule has 0 spiro atoms. The average molecular weight is 312 g/mol. The van der Waals surface area contributed by atoms with Gasteiger partial charge in [-0.3, -0.25) is 4.99 Å². The van der Waals surface area contributed by atoms with Gasteiger partial charge in [0.25, 0.3) is 0 Å². The molecule has 1 aromatic rings. The van der Waals surface area contributed by atoms with Gasteiger partial charge in [-0.25, -0.2) is 4.39 Å². The molecule has 1 aliphatic carbocycles. The number of nitrogens with one attached hydrogen (secondary N) is 1. The predicted molar refractivity (Wildman–Crippen MR) is 81.2 cm³/mol. The van der Waals surface area contributed by atoms with Crippen molar-refractivity contribution in [2.75, 3.05) is 13.2 Å². The van der Waals surface area contributed by atoms with E-state index in [0.29, 0.717) is 12.5 Å². The van der Waals surface area contributed by atoms with E-state index in [1.807, 2.05) is 6.07 Å². The van der Waals surface area contributed by atoms with Gasteiger partial charge in [-0.1, -0.05) is 17.7 Å². The fraction of sp³-hybridized carbons (Fsp3) is 0.533. The topological polar surface area (TPSA) is 59.6 Å². The Kier molecular flexibility index (Phi) is 4.31. The van der Waals surface area contributed by atoms with E-state index in [1.165, 1.54) is 6.07 Å². The molecule has 0 radical (unpaired) electrons. The van der Waals surface area contributed by atoms with Crippen molar-refractivity contribution < 1.29 is 9.13 Å². The number of benzene rings is 1. The lowest BCUT2D eigenvalue weighted by Gasteiger charge is -2.08. The Bertz CT molecular complexity index is 546. The fourth-order valence-corrected chi connectivity index (χ4v) is 2.81. The third kappa shape index (κ3) is 3.66. The number of nitrogens with two attached hydrogens (primary N) is 1. The Morgan fingerprint density at radius 1 is 1.52 bits per heavy atom. The number of halogens is 2. The Morgan fingerprint density at radius 2 is 2.38 bits per heavy atom. The largest absolute Gasteiger partial charge is 0.376 e. The van der Waals surface area contributed by atoms with E-state index in [0.717, 1.165) is 31.4 Å². The van der Waals surface area contributed by atoms with Crippen LogP contribution in [0.2, 0.25) is 5.02 Å². The lowest BCUT2D eigenvalue weighted by molar-refractivity contribution is 0.118. The van der Waals surface area contributed by atoms with Crippen molar-refractivity contribution in [2.45, 2.75) is 37.3 Å². The number of aliphatic imine (C=N–C) groups is 1. The summed E-state index contributed by atoms with van der Waals surface area (Å²) in [6.45, 7) is 1.42. The quantitative estimate of drug-likeness (QED) is 0.663. The van der Waals surface area contributed by atoms with Crippen LogP contribution in [0, 0.1) is 5.82 Å². The van der Waals surface area contributed by atoms with Gasteiger partial charge in [0.1, 0.15) is 5.82 Å². The Labute approximate surface area is 128 Å². The molecule has 1 aliphatic heterocycles. The predicted octanol–water partition coefficient (Wildman–Crippen LogP) is 2.42. The summed E-state index contributed by atoms with van der Waals surface area (Å²) in [4.78, 5) is 4.31. The molecular weight excluding hydrogens is 293 g/mol. The van der Waals surface area contributed by atoms with Crippen LogP contribution in [0.3, 0.4) is 0 Å². The van der Waals surface area contributed by atoms with Gasteiger partial charge in [0, 0.05) is 18.6 Å². The van der Waals surface area contributed by atoms with E-state index in [2.05, 4.69) is 10.3 Å². The molecule has 114 valence electrons. The van der Waals surface area contributed by atoms with Crippen LogP contribution >= 0.6 is 11.6 Å². The van der Waals surface area contributed by atoms with Crippen LogP contribution in [0.5, 0.6) is 0 Å². The van der Waals surface area contributed by atoms with Crippen LogP contribution in [-0.4, -0.2) is 31.3 Å². The van der Waals surface area contributed by atoms with Crippen molar-refractivity contribution in [3.8, 4) is 0 Å². The SMILES string of the molecule is NC(=NCC1CCCO1)N[C@@H]1C[C@H]1c1ccc(Cl)c(F)c1. The Morgan fingerprint density at radius 3 is 3.10 bits per heavy atom. The van der Waals surface area contributed by atoms with Crippen LogP contribution < -0.4 is 11.1 Å². The van der Waals surface area contributed by atoms with Crippen molar-refractivity contribution >= 4 is 17.6 Å². The van der Waals surface area contributed by atoms with Gasteiger partial charge in [-0.15, -0.1) is 0 Å². The zero-order chi connectivity index (χ0) is 14.8. The minimum absolute atomic E-state index is 0.154. The minimum Gasteiger partial charge on any atom is -0.376 e. The van der Waals surface area contributed by atoms with Gasteiger partial charge in [0.2, 0.25) is 0 Å². The second-order valence-corrected chi connectivity index (χ2v) is 6.03. The van der Waals surface area contributed by atoms with Gasteiger partial charge in [-0.05, 0) is 37.0 Å². The molecule has 6 heteroatoms. The summed E-state index contributed by atoms with van der Waals surface area (Å²) in [5.41, 5.74) is 6.82. The molecule has 1 heterocycles. The normalized spacial score (nSPS) is 28.7. The highest BCUT2D eigenvalue weighted by atomic mass is 35.5. The second-order valence-electron chi connectivity index (χ2n) is 5.63. The van der Waals surface area contributed by atoms with E-state index in [9.17, 15) is 4.39 Å². The van der Waals surface area contributed by atoms with Gasteiger partial charge < -0.3 is 15.8 Å². The molecule has 1 aromatic carbocycles. The van der Waals surface area contributed by atoms with Gasteiger partial charge >= 0.3 is 0 Å². The van der Waals surface area contributed by atoms with Crippen molar-refractivity contribution in [1.29, 1.82) is 0 Å². The monoisotopic (exact) mass is 311 g/mol. The van der Waals surface area contributed by atoms with Crippen LogP contribution in [0.25, 0.3) is 0 Å². The summed E-state index contributed by atoms with van der Waals surface area (Å²) < 4.78 is 18.9. The van der Waals surface area contributed by atoms with Crippen LogP contribution in [-0.2, 0) is 4.74 Å². The summed E-state index contributed by atoms with van der Waals surface area (Å²) in [6, 6.07) is 5.17. The first-order valence-electron chi connectivity index (χ1n) is 7.26. The molecule has 2 fully saturated rings. The van der Waals surface area contributed by atoms with Crippen molar-refractivity contribution in [3.63, 3.8) is 0 Å². The standard InChI is InChI=1S/C15H19ClFN3O/c16-12-4-3-9(6-13(12)17)11-7-14(11)20-15(18)19-8-10-2-1-5-21-10/h3-4,6,10-11,14H,1-2,5,7-8H2,(H3,18,19,20)/t10?,11-,14+/m0/s1. The molecule has 0 aromatic heterocycles. The van der Waals surface area contributed by atoms with Gasteiger partial charge in [-0.2, -0.15) is 0 Å². The molecule has 1 unspecified atom stereocenters. The van der Waals surface area contributed by atoms with E-state index < -0.39 is 0 Å². The molecule has 2 aliphatic rings. The highest BCUT2D eigenvalue weighted by Gasteiger charge is 2.39. The average Bonchev–Trinajstić information content (AvgIpc) is 3.01. The Hall–Kier alpha value is -1.33. The van der Waals surface area contributed by atoms with E-state index in [4.69, 9.17) is 22.1 Å². The maximum atomic E-state index is 13.4. The third-order valence-electron chi connectivity index (χ3n) is 3.98. The summed E-state index contributed by atoms with van der Waals surface area (Å²) in [5.74, 6) is 0.334. The molecule has 4 nitrogen and oxygen atoms in total. The third-order valence-corrected chi connectivity index (χ3v) is 4.29. The number of guanidine groups is 1. The Balaban J connectivity index is 1.50. The van der Waals surface area contributed by atoms with Gasteiger partial charge in [0.15, 0.2) is 5.96 Å². The summed E-state index contributed by atoms with van der Waals surface area (Å²) in [7, 11) is 0. The van der Waals surface area contributed by atoms with Crippen LogP contribution in [0.15, 0.2) is 23.2 Å². The molecule has 1 saturated heterocycles. The molecule has 21 heavy (non-hydrogen) atoms. The number of ether oxygens (including phenoxy) is 1. The molecule has 0 bridgehead atoms. The van der Waals surface area contributed by atoms with Crippen molar-refractivity contribution in [3.05, 3.63) is 34.6 Å². The number of hydrogen-bond donors (Lipinski definition) is 2. The van der Waals surface area contributed by atoms with Crippen LogP contribution in [0.4, 0.5) is 4.39 Å². The number of nitrogens with zero attached hydrogens (tertiary/aromatic N) is 1. The van der Waals surface area contributed by atoms with E-state index >= 15 is 0 Å². The molecule has 1 saturated carbocycles. The molecular formula is C15H19ClFN3O. The molecule has 3 N–H and O–H groups in total. The minimum atomic E-state index is -0.375.